The zero-order valence-corrected chi connectivity index (χ0v) is 81.8. The van der Waals surface area contributed by atoms with Gasteiger partial charge in [-0.3, -0.25) is 67.9 Å². The number of benzene rings is 10. The number of nitrogens with one attached hydrogen (secondary N) is 10. The van der Waals surface area contributed by atoms with Gasteiger partial charge in [0, 0.05) is 147 Å². The Labute approximate surface area is 833 Å². The summed E-state index contributed by atoms with van der Waals surface area (Å²) >= 11 is 0. The summed E-state index contributed by atoms with van der Waals surface area (Å²) in [5.74, 6) is -8.99. The lowest BCUT2D eigenvalue weighted by Gasteiger charge is -2.26. The largest absolute Gasteiger partial charge is 0.481 e. The van der Waals surface area contributed by atoms with Crippen LogP contribution < -0.4 is 32.2 Å². The van der Waals surface area contributed by atoms with E-state index < -0.39 is 83.4 Å². The minimum Gasteiger partial charge on any atom is -0.481 e. The molecule has 14 rings (SSSR count). The number of aromatic amines is 4. The Morgan fingerprint density at radius 1 is 0.322 bits per heavy atom. The van der Waals surface area contributed by atoms with E-state index in [1.54, 1.807) is 41.8 Å². The molecule has 4 heterocycles. The third-order valence-electron chi connectivity index (χ3n) is 25.5. The van der Waals surface area contributed by atoms with Crippen molar-refractivity contribution in [3.63, 3.8) is 0 Å². The highest BCUT2D eigenvalue weighted by Gasteiger charge is 2.38. The molecule has 0 fully saturated rings. The Morgan fingerprint density at radius 3 is 0.902 bits per heavy atom. The molecule has 9 atom stereocenters. The number of allylic oxidation sites excluding steroid dienone is 1. The predicted molar refractivity (Wildman–Crippen MR) is 556 cm³/mol. The normalized spacial score (nSPS) is 13.0. The maximum atomic E-state index is 14.0. The highest BCUT2D eigenvalue weighted by Crippen LogP contribution is 2.31. The topological polar surface area (TPSA) is 421 Å². The molecule has 4 aromatic heterocycles. The average molecular weight is 1930 g/mol. The van der Waals surface area contributed by atoms with Crippen molar-refractivity contribution in [1.82, 2.24) is 52.2 Å². The first-order valence-corrected chi connectivity index (χ1v) is 48.9. The molecule has 14 aromatic rings. The van der Waals surface area contributed by atoms with E-state index in [-0.39, 0.29) is 72.0 Å². The SMILES string of the molecule is C=CCCC[C@H](C(=O)O)[C@@H](CCCc1ccc(C)cc1)C(=O)N[C@@H](Cc1ccccc1)C(=O)c1c[nH]c2ccccc12.CC(C)C[C@H](CC(=O)NO)C(=O)N[C@H](Cc1ccccc1)C(=O)c1c[nH]c2ccccc12.CC(C)C[C@H](CC(=O)O)C(=O)N[C@@H](Cc1ccccc1)C(=O)c1c[nH]c2ccccc12.Cc1ccc(CCC[C@H](CC(=O)NO)C(=O)N[C@@H](Cc2ccccc2)C(=O)c2c[nH]c3ccccc23)cc1. The molecule has 0 bridgehead atoms. The number of amides is 6. The number of Topliss-reactive ketones (excluding diaryl/α,β-unsaturated/α-hetero) is 4. The number of fused-ring (bicyclic) bond motifs is 4. The zero-order valence-electron chi connectivity index (χ0n) is 81.8. The number of rotatable bonds is 48. The molecule has 0 aliphatic carbocycles. The van der Waals surface area contributed by atoms with Crippen LogP contribution in [0.3, 0.4) is 0 Å². The summed E-state index contributed by atoms with van der Waals surface area (Å²) in [5, 5.41) is 52.3. The Bertz CT molecular complexity index is 6570. The van der Waals surface area contributed by atoms with Crippen LogP contribution in [0, 0.1) is 55.3 Å². The minimum atomic E-state index is -1.02. The lowest BCUT2D eigenvalue weighted by Crippen LogP contribution is -2.47. The van der Waals surface area contributed by atoms with Gasteiger partial charge in [-0.05, 0) is 154 Å². The van der Waals surface area contributed by atoms with Crippen LogP contribution in [0.2, 0.25) is 0 Å². The number of carboxylic acids is 2. The van der Waals surface area contributed by atoms with Crippen LogP contribution in [0.4, 0.5) is 0 Å². The van der Waals surface area contributed by atoms with Crippen molar-refractivity contribution in [2.45, 2.75) is 181 Å². The van der Waals surface area contributed by atoms with Crippen molar-refractivity contribution in [2.75, 3.05) is 0 Å². The van der Waals surface area contributed by atoms with Crippen LogP contribution in [-0.2, 0) is 76.9 Å². The van der Waals surface area contributed by atoms with E-state index in [1.807, 2.05) is 272 Å². The van der Waals surface area contributed by atoms with E-state index >= 15 is 0 Å². The van der Waals surface area contributed by atoms with Gasteiger partial charge in [-0.15, -0.1) is 6.58 Å². The molecule has 0 saturated heterocycles. The molecule has 0 saturated carbocycles. The summed E-state index contributed by atoms with van der Waals surface area (Å²) in [7, 11) is 0. The van der Waals surface area contributed by atoms with E-state index in [1.165, 1.54) is 11.1 Å². The summed E-state index contributed by atoms with van der Waals surface area (Å²) in [6.45, 7) is 15.6. The third kappa shape index (κ3) is 32.5. The minimum absolute atomic E-state index is 0.153. The Hall–Kier alpha value is -15.5. The fourth-order valence-electron chi connectivity index (χ4n) is 18.1. The lowest BCUT2D eigenvalue weighted by atomic mass is 9.82. The van der Waals surface area contributed by atoms with Crippen LogP contribution in [0.1, 0.15) is 191 Å². The number of aromatic nitrogens is 4. The highest BCUT2D eigenvalue weighted by atomic mass is 16.5. The highest BCUT2D eigenvalue weighted by molar-refractivity contribution is 6.14. The van der Waals surface area contributed by atoms with Gasteiger partial charge in [-0.25, -0.2) is 11.0 Å². The average Bonchev–Trinajstić information content (AvgIpc) is 1.67. The van der Waals surface area contributed by atoms with Gasteiger partial charge in [-0.1, -0.05) is 288 Å². The van der Waals surface area contributed by atoms with Gasteiger partial charge in [0.05, 0.1) is 42.4 Å². The Kier molecular flexibility index (Phi) is 41.4. The first kappa shape index (κ1) is 108. The number of ketones is 4. The molecule has 26 nitrogen and oxygen atoms in total. The molecule has 14 N–H and O–H groups in total. The molecule has 143 heavy (non-hydrogen) atoms. The van der Waals surface area contributed by atoms with Crippen molar-refractivity contribution in [1.29, 1.82) is 0 Å². The molecule has 0 unspecified atom stereocenters. The van der Waals surface area contributed by atoms with Gasteiger partial charge in [0.25, 0.3) is 0 Å². The van der Waals surface area contributed by atoms with Crippen molar-refractivity contribution in [3.8, 4) is 0 Å². The van der Waals surface area contributed by atoms with Crippen molar-refractivity contribution in [3.05, 3.63) is 371 Å². The molecule has 0 aliphatic rings. The van der Waals surface area contributed by atoms with Crippen molar-refractivity contribution >= 4 is 114 Å². The van der Waals surface area contributed by atoms with E-state index in [2.05, 4.69) is 84.2 Å². The molecule has 10 aromatic carbocycles. The van der Waals surface area contributed by atoms with Crippen molar-refractivity contribution in [2.24, 2.45) is 41.4 Å². The number of unbranched alkanes of at least 4 members (excludes halogenated alkanes) is 1. The molecule has 0 radical (unpaired) electrons. The second-order valence-corrected chi connectivity index (χ2v) is 37.4. The number of hydroxylamine groups is 2. The first-order chi connectivity index (χ1) is 69.0. The third-order valence-corrected chi connectivity index (χ3v) is 25.5. The Morgan fingerprint density at radius 2 is 0.601 bits per heavy atom. The molecule has 6 amide bonds. The molecule has 0 spiro atoms. The maximum absolute atomic E-state index is 14.0. The van der Waals surface area contributed by atoms with E-state index in [9.17, 15) is 67.7 Å². The maximum Gasteiger partial charge on any atom is 0.307 e. The van der Waals surface area contributed by atoms with Crippen LogP contribution >= 0.6 is 0 Å². The lowest BCUT2D eigenvalue weighted by molar-refractivity contribution is -0.148. The fraction of sp³-hybridized carbons (Fsp3) is 0.299. The van der Waals surface area contributed by atoms with Crippen LogP contribution in [0.5, 0.6) is 0 Å². The second kappa shape index (κ2) is 54.9. The summed E-state index contributed by atoms with van der Waals surface area (Å²) in [5.41, 5.74) is 16.9. The number of H-pyrrole nitrogens is 4. The summed E-state index contributed by atoms with van der Waals surface area (Å²) in [6, 6.07) is 81.4. The monoisotopic (exact) mass is 1930 g/mol. The van der Waals surface area contributed by atoms with Gasteiger partial charge >= 0.3 is 11.9 Å². The number of carbonyl (C=O) groups excluding carboxylic acids is 10. The summed E-state index contributed by atoms with van der Waals surface area (Å²) in [4.78, 5) is 168. The second-order valence-electron chi connectivity index (χ2n) is 37.4. The molecule has 0 aliphatic heterocycles. The predicted octanol–water partition coefficient (Wildman–Crippen LogP) is 19.9. The number of aryl methyl sites for hydroxylation is 4. The van der Waals surface area contributed by atoms with Gasteiger partial charge in [0.15, 0.2) is 23.1 Å². The van der Waals surface area contributed by atoms with E-state index in [4.69, 9.17) is 10.4 Å². The van der Waals surface area contributed by atoms with Gasteiger partial charge in [0.1, 0.15) is 0 Å². The van der Waals surface area contributed by atoms with Gasteiger partial charge in [-0.2, -0.15) is 0 Å². The zero-order chi connectivity index (χ0) is 102. The molecule has 744 valence electrons. The Balaban J connectivity index is 0.000000183. The van der Waals surface area contributed by atoms with E-state index in [0.29, 0.717) is 106 Å². The molecular weight excluding hydrogens is 1800 g/mol. The fourth-order valence-corrected chi connectivity index (χ4v) is 18.1. The standard InChI is InChI=1S/C36H40N2O4.C31H33N3O4.C25H29N3O4.C25H28N2O4/c1-3-4-6-16-30(36(41)42)29(17-11-14-26-21-19-25(2)20-22-26)35(40)38-33(23-27-12-7-5-8-13-27)34(39)31-24-37-32-18-10-9-15-28(31)32;1-21-14-16-22(17-15-21)10-7-11-24(19-29(35)34-38)31(37)33-28(18-23-8-3-2-4-9-23)30(36)26-20-32-27-13-6-5-12-25(26)27;1-16(2)12-18(14-23(29)28-32)25(31)27-22(13-17-8-4-3-5-9-17)24(30)20-15-26-21-11-7-6-10-19(20)21;1-16(2)12-18(14-23(28)29)25(31)27-22(13-17-8-4-3-5-9-17)24(30)20-15-26-21-11-7-6-10-19(20)21/h3,5,7-10,12-13,15,18-22,24,29-30,33,37H,1,4,6,11,14,16-17,23H2,2H3,(H,38,40)(H,41,42);2-6,8-9,12-17,20,24,28,32,38H,7,10-11,18-19H2,1H3,(H,33,37)(H,34,35);3-11,15-16,18,22,26,32H,12-14H2,1-2H3,(H,27,31)(H,28,29);3-11,15-16,18,22,26H,12-14H2,1-2H3,(H,27,31)(H,28,29)/t29-,30+,33+;24-,28+;18-,22-;18-,22+/m1111/s1. The smallest absolute Gasteiger partial charge is 0.307 e. The number of aliphatic carboxylic acids is 2. The number of hydrogen-bond acceptors (Lipinski definition) is 14. The van der Waals surface area contributed by atoms with E-state index in [0.717, 1.165) is 89.8 Å². The van der Waals surface area contributed by atoms with Crippen LogP contribution in [0.15, 0.2) is 304 Å². The van der Waals surface area contributed by atoms with Gasteiger partial charge < -0.3 is 51.4 Å². The number of carboxylic acid groups (broad SMARTS) is 2. The van der Waals surface area contributed by atoms with Crippen molar-refractivity contribution < 1.29 is 78.2 Å². The summed E-state index contributed by atoms with van der Waals surface area (Å²) in [6.07, 6.45) is 15.4. The number of carbonyl (C=O) groups is 12. The van der Waals surface area contributed by atoms with Gasteiger partial charge in [0.2, 0.25) is 35.4 Å². The molecular formula is C117H130N10O16. The van der Waals surface area contributed by atoms with Crippen LogP contribution in [-0.4, -0.2) is 135 Å². The first-order valence-electron chi connectivity index (χ1n) is 48.9. The quantitative estimate of drug-likeness (QED) is 0.00554. The number of hydrogen-bond donors (Lipinski definition) is 14. The van der Waals surface area contributed by atoms with Crippen LogP contribution in [0.25, 0.3) is 43.6 Å². The summed E-state index contributed by atoms with van der Waals surface area (Å²) < 4.78 is 0. The number of para-hydroxylation sites is 4. The molecule has 26 heteroatoms.